The molecule has 2 aromatic rings. The van der Waals surface area contributed by atoms with Gasteiger partial charge in [0.1, 0.15) is 0 Å². The van der Waals surface area contributed by atoms with E-state index in [1.165, 1.54) is 5.56 Å². The zero-order valence-electron chi connectivity index (χ0n) is 15.4. The summed E-state index contributed by atoms with van der Waals surface area (Å²) in [5.41, 5.74) is 1.14. The number of hydrogen-bond acceptors (Lipinski definition) is 4. The average Bonchev–Trinajstić information content (AvgIpc) is 3.00. The van der Waals surface area contributed by atoms with Gasteiger partial charge in [0, 0.05) is 18.3 Å². The van der Waals surface area contributed by atoms with Crippen molar-refractivity contribution >= 4 is 11.8 Å². The Bertz CT molecular complexity index is 769. The summed E-state index contributed by atoms with van der Waals surface area (Å²) >= 11 is 0. The van der Waals surface area contributed by atoms with Gasteiger partial charge in [-0.2, -0.15) is 5.10 Å². The number of carbonyl (C=O) groups excluding carboxylic acids is 1. The van der Waals surface area contributed by atoms with E-state index in [9.17, 15) is 4.79 Å². The summed E-state index contributed by atoms with van der Waals surface area (Å²) in [6.07, 6.45) is 5.48. The number of aromatic nitrogens is 2. The molecule has 26 heavy (non-hydrogen) atoms. The van der Waals surface area contributed by atoms with Crippen LogP contribution < -0.4 is 10.2 Å². The maximum atomic E-state index is 12.5. The molecule has 4 rings (SSSR count). The van der Waals surface area contributed by atoms with Crippen molar-refractivity contribution < 1.29 is 4.79 Å². The Hall–Kier alpha value is -2.47. The smallest absolute Gasteiger partial charge is 0.323 e. The SMILES string of the molecule is CN(C)C1(c2ccccc2)CCC2(CC1)CNC(=O)N2c1cccnn1. The van der Waals surface area contributed by atoms with Crippen molar-refractivity contribution in [2.24, 2.45) is 0 Å². The van der Waals surface area contributed by atoms with Crippen LogP contribution >= 0.6 is 0 Å². The Morgan fingerprint density at radius 2 is 1.77 bits per heavy atom. The number of anilines is 1. The molecule has 6 heteroatoms. The number of benzene rings is 1. The fourth-order valence-corrected chi connectivity index (χ4v) is 4.65. The van der Waals surface area contributed by atoms with Gasteiger partial charge in [-0.05, 0) is 57.5 Å². The summed E-state index contributed by atoms with van der Waals surface area (Å²) < 4.78 is 0. The Morgan fingerprint density at radius 3 is 2.38 bits per heavy atom. The summed E-state index contributed by atoms with van der Waals surface area (Å²) in [5, 5.41) is 11.2. The fourth-order valence-electron chi connectivity index (χ4n) is 4.65. The van der Waals surface area contributed by atoms with Crippen molar-refractivity contribution in [3.8, 4) is 0 Å². The number of amides is 2. The second-order valence-corrected chi connectivity index (χ2v) is 7.59. The standard InChI is InChI=1S/C20H25N5O/c1-24(2)20(16-7-4-3-5-8-16)12-10-19(11-13-20)15-21-18(26)25(19)17-9-6-14-22-23-17/h3-9,14H,10-13,15H2,1-2H3,(H,21,26). The minimum absolute atomic E-state index is 0.00613. The van der Waals surface area contributed by atoms with Crippen LogP contribution in [0.1, 0.15) is 31.2 Å². The molecule has 0 unspecified atom stereocenters. The molecule has 6 nitrogen and oxygen atoms in total. The molecule has 1 aliphatic heterocycles. The lowest BCUT2D eigenvalue weighted by Gasteiger charge is -2.50. The van der Waals surface area contributed by atoms with E-state index in [2.05, 4.69) is 64.8 Å². The van der Waals surface area contributed by atoms with E-state index in [0.717, 1.165) is 25.7 Å². The van der Waals surface area contributed by atoms with E-state index in [4.69, 9.17) is 0 Å². The molecule has 0 bridgehead atoms. The Kier molecular flexibility index (Phi) is 4.15. The van der Waals surface area contributed by atoms with Crippen LogP contribution in [-0.4, -0.2) is 47.3 Å². The van der Waals surface area contributed by atoms with Gasteiger partial charge in [-0.25, -0.2) is 4.79 Å². The average molecular weight is 351 g/mol. The summed E-state index contributed by atoms with van der Waals surface area (Å²) in [5.74, 6) is 0.638. The molecule has 136 valence electrons. The normalized spacial score (nSPS) is 28.6. The van der Waals surface area contributed by atoms with Crippen molar-refractivity contribution in [1.82, 2.24) is 20.4 Å². The summed E-state index contributed by atoms with van der Waals surface area (Å²) in [6, 6.07) is 14.3. The number of nitrogens with zero attached hydrogens (tertiary/aromatic N) is 4. The number of carbonyl (C=O) groups is 1. The van der Waals surface area contributed by atoms with Gasteiger partial charge in [0.15, 0.2) is 5.82 Å². The highest BCUT2D eigenvalue weighted by Gasteiger charge is 2.53. The van der Waals surface area contributed by atoms with Gasteiger partial charge in [0.25, 0.3) is 0 Å². The van der Waals surface area contributed by atoms with Gasteiger partial charge >= 0.3 is 6.03 Å². The molecule has 1 N–H and O–H groups in total. The number of nitrogens with one attached hydrogen (secondary N) is 1. The van der Waals surface area contributed by atoms with E-state index >= 15 is 0 Å². The molecule has 1 spiro atoms. The molecule has 1 aromatic carbocycles. The van der Waals surface area contributed by atoms with E-state index in [1.807, 2.05) is 17.0 Å². The van der Waals surface area contributed by atoms with Gasteiger partial charge in [-0.1, -0.05) is 30.3 Å². The molecular formula is C20H25N5O. The maximum Gasteiger partial charge on any atom is 0.323 e. The van der Waals surface area contributed by atoms with E-state index < -0.39 is 0 Å². The summed E-state index contributed by atoms with van der Waals surface area (Å²) in [6.45, 7) is 0.667. The Morgan fingerprint density at radius 1 is 1.04 bits per heavy atom. The van der Waals surface area contributed by atoms with Crippen molar-refractivity contribution in [1.29, 1.82) is 0 Å². The lowest BCUT2D eigenvalue weighted by molar-refractivity contribution is 0.0711. The van der Waals surface area contributed by atoms with Crippen LogP contribution in [0.15, 0.2) is 48.7 Å². The third-order valence-corrected chi connectivity index (χ3v) is 6.21. The topological polar surface area (TPSA) is 61.4 Å². The molecule has 1 saturated carbocycles. The predicted molar refractivity (Wildman–Crippen MR) is 101 cm³/mol. The van der Waals surface area contributed by atoms with Gasteiger partial charge in [-0.15, -0.1) is 5.10 Å². The highest BCUT2D eigenvalue weighted by atomic mass is 16.2. The zero-order valence-corrected chi connectivity index (χ0v) is 15.4. The van der Waals surface area contributed by atoms with E-state index in [-0.39, 0.29) is 17.1 Å². The molecule has 0 atom stereocenters. The molecule has 2 aliphatic rings. The lowest BCUT2D eigenvalue weighted by atomic mass is 9.68. The van der Waals surface area contributed by atoms with E-state index in [0.29, 0.717) is 12.4 Å². The highest BCUT2D eigenvalue weighted by molar-refractivity contribution is 5.95. The molecular weight excluding hydrogens is 326 g/mol. The number of hydrogen-bond donors (Lipinski definition) is 1. The Labute approximate surface area is 154 Å². The van der Waals surface area contributed by atoms with Crippen LogP contribution in [0.2, 0.25) is 0 Å². The quantitative estimate of drug-likeness (QED) is 0.924. The van der Waals surface area contributed by atoms with Crippen LogP contribution in [0.5, 0.6) is 0 Å². The molecule has 1 saturated heterocycles. The number of rotatable bonds is 3. The lowest BCUT2D eigenvalue weighted by Crippen LogP contribution is -2.55. The first kappa shape index (κ1) is 17.0. The monoisotopic (exact) mass is 351 g/mol. The highest BCUT2D eigenvalue weighted by Crippen LogP contribution is 2.48. The first-order chi connectivity index (χ1) is 12.6. The van der Waals surface area contributed by atoms with Crippen LogP contribution in [0, 0.1) is 0 Å². The van der Waals surface area contributed by atoms with Crippen molar-refractivity contribution in [3.05, 3.63) is 54.2 Å². The molecule has 2 fully saturated rings. The summed E-state index contributed by atoms with van der Waals surface area (Å²) in [4.78, 5) is 16.7. The predicted octanol–water partition coefficient (Wildman–Crippen LogP) is 2.78. The molecule has 2 heterocycles. The van der Waals surface area contributed by atoms with Gasteiger partial charge < -0.3 is 5.32 Å². The van der Waals surface area contributed by atoms with Gasteiger partial charge in [-0.3, -0.25) is 9.80 Å². The van der Waals surface area contributed by atoms with Crippen LogP contribution in [0.4, 0.5) is 10.6 Å². The van der Waals surface area contributed by atoms with Gasteiger partial charge in [0.05, 0.1) is 5.54 Å². The number of urea groups is 1. The molecule has 1 aliphatic carbocycles. The maximum absolute atomic E-state index is 12.5. The first-order valence-electron chi connectivity index (χ1n) is 9.16. The largest absolute Gasteiger partial charge is 0.335 e. The minimum atomic E-state index is -0.221. The minimum Gasteiger partial charge on any atom is -0.335 e. The van der Waals surface area contributed by atoms with Crippen LogP contribution in [0.25, 0.3) is 0 Å². The van der Waals surface area contributed by atoms with Crippen molar-refractivity contribution in [2.45, 2.75) is 36.8 Å². The molecule has 2 amide bonds. The third-order valence-electron chi connectivity index (χ3n) is 6.21. The van der Waals surface area contributed by atoms with Crippen molar-refractivity contribution in [2.75, 3.05) is 25.5 Å². The van der Waals surface area contributed by atoms with Gasteiger partial charge in [0.2, 0.25) is 0 Å². The second kappa shape index (κ2) is 6.36. The van der Waals surface area contributed by atoms with Crippen LogP contribution in [0.3, 0.4) is 0 Å². The fraction of sp³-hybridized carbons (Fsp3) is 0.450. The first-order valence-corrected chi connectivity index (χ1v) is 9.16. The second-order valence-electron chi connectivity index (χ2n) is 7.59. The zero-order chi connectivity index (χ0) is 18.2. The van der Waals surface area contributed by atoms with Crippen LogP contribution in [-0.2, 0) is 5.54 Å². The Balaban J connectivity index is 1.65. The molecule has 0 radical (unpaired) electrons. The van der Waals surface area contributed by atoms with Crippen molar-refractivity contribution in [3.63, 3.8) is 0 Å². The third kappa shape index (κ3) is 2.56. The summed E-state index contributed by atoms with van der Waals surface area (Å²) in [7, 11) is 4.31. The van der Waals surface area contributed by atoms with E-state index in [1.54, 1.807) is 6.20 Å². The molecule has 1 aromatic heterocycles.